The molecule has 1 rings (SSSR count). The normalized spacial score (nSPS) is 13.4. The molecule has 0 heterocycles. The molecule has 1 atom stereocenters. The molecule has 0 unspecified atom stereocenters. The van der Waals surface area contributed by atoms with Crippen LogP contribution in [0, 0.1) is 5.82 Å². The lowest BCUT2D eigenvalue weighted by molar-refractivity contribution is 0.00534. The Hall–Kier alpha value is -1.13. The third-order valence-corrected chi connectivity index (χ3v) is 2.98. The third-order valence-electron chi connectivity index (χ3n) is 2.98. The molecule has 0 bridgehead atoms. The van der Waals surface area contributed by atoms with Crippen LogP contribution in [0.4, 0.5) is 4.39 Å². The number of hydrogen-bond acceptors (Lipinski definition) is 3. The summed E-state index contributed by atoms with van der Waals surface area (Å²) in [4.78, 5) is 0. The zero-order chi connectivity index (χ0) is 13.8. The van der Waals surface area contributed by atoms with Gasteiger partial charge in [0.1, 0.15) is 11.6 Å². The van der Waals surface area contributed by atoms with Crippen LogP contribution in [0.25, 0.3) is 0 Å². The first-order valence-corrected chi connectivity index (χ1v) is 6.09. The summed E-state index contributed by atoms with van der Waals surface area (Å²) in [5.74, 6) is 0.192. The molecule has 0 aromatic heterocycles. The van der Waals surface area contributed by atoms with Crippen LogP contribution in [0.1, 0.15) is 38.8 Å². The SMILES string of the molecule is COC(C)(C)CCOc1cc(F)ccc1[C@H](C)N. The summed E-state index contributed by atoms with van der Waals surface area (Å²) in [7, 11) is 1.66. The van der Waals surface area contributed by atoms with E-state index in [0.29, 0.717) is 12.4 Å². The monoisotopic (exact) mass is 255 g/mol. The number of ether oxygens (including phenoxy) is 2. The summed E-state index contributed by atoms with van der Waals surface area (Å²) in [6.45, 7) is 6.27. The average molecular weight is 255 g/mol. The van der Waals surface area contributed by atoms with Crippen molar-refractivity contribution in [2.75, 3.05) is 13.7 Å². The highest BCUT2D eigenvalue weighted by Crippen LogP contribution is 2.25. The van der Waals surface area contributed by atoms with Crippen LogP contribution in [-0.4, -0.2) is 19.3 Å². The van der Waals surface area contributed by atoms with E-state index in [2.05, 4.69) is 0 Å². The third kappa shape index (κ3) is 4.27. The van der Waals surface area contributed by atoms with Gasteiger partial charge in [-0.1, -0.05) is 6.07 Å². The Morgan fingerprint density at radius 2 is 2.06 bits per heavy atom. The largest absolute Gasteiger partial charge is 0.493 e. The van der Waals surface area contributed by atoms with Gasteiger partial charge in [0.15, 0.2) is 0 Å². The fourth-order valence-electron chi connectivity index (χ4n) is 1.52. The molecule has 4 heteroatoms. The van der Waals surface area contributed by atoms with E-state index in [4.69, 9.17) is 15.2 Å². The van der Waals surface area contributed by atoms with Gasteiger partial charge in [-0.05, 0) is 26.8 Å². The molecule has 0 radical (unpaired) electrons. The lowest BCUT2D eigenvalue weighted by Gasteiger charge is -2.23. The summed E-state index contributed by atoms with van der Waals surface area (Å²) >= 11 is 0. The topological polar surface area (TPSA) is 44.5 Å². The maximum Gasteiger partial charge on any atom is 0.126 e. The summed E-state index contributed by atoms with van der Waals surface area (Å²) in [5.41, 5.74) is 6.38. The van der Waals surface area contributed by atoms with E-state index in [9.17, 15) is 4.39 Å². The van der Waals surface area contributed by atoms with E-state index in [1.165, 1.54) is 12.1 Å². The van der Waals surface area contributed by atoms with Gasteiger partial charge in [0.2, 0.25) is 0 Å². The minimum Gasteiger partial charge on any atom is -0.493 e. The van der Waals surface area contributed by atoms with Crippen LogP contribution in [-0.2, 0) is 4.74 Å². The van der Waals surface area contributed by atoms with Gasteiger partial charge < -0.3 is 15.2 Å². The number of nitrogens with two attached hydrogens (primary N) is 1. The van der Waals surface area contributed by atoms with Crippen molar-refractivity contribution in [3.05, 3.63) is 29.6 Å². The second-order valence-corrected chi connectivity index (χ2v) is 5.03. The maximum atomic E-state index is 13.2. The highest BCUT2D eigenvalue weighted by atomic mass is 19.1. The minimum absolute atomic E-state index is 0.184. The number of methoxy groups -OCH3 is 1. The highest BCUT2D eigenvalue weighted by Gasteiger charge is 2.17. The molecular formula is C14H22FNO2. The fraction of sp³-hybridized carbons (Fsp3) is 0.571. The van der Waals surface area contributed by atoms with E-state index in [0.717, 1.165) is 12.0 Å². The predicted molar refractivity (Wildman–Crippen MR) is 70.2 cm³/mol. The van der Waals surface area contributed by atoms with E-state index < -0.39 is 0 Å². The average Bonchev–Trinajstić information content (AvgIpc) is 2.28. The van der Waals surface area contributed by atoms with Gasteiger partial charge in [0, 0.05) is 31.2 Å². The molecule has 0 amide bonds. The highest BCUT2D eigenvalue weighted by molar-refractivity contribution is 5.36. The molecule has 0 aliphatic rings. The van der Waals surface area contributed by atoms with Gasteiger partial charge in [-0.25, -0.2) is 4.39 Å². The number of hydrogen-bond donors (Lipinski definition) is 1. The maximum absolute atomic E-state index is 13.2. The molecule has 18 heavy (non-hydrogen) atoms. The zero-order valence-electron chi connectivity index (χ0n) is 11.5. The Bertz CT molecular complexity index is 391. The van der Waals surface area contributed by atoms with Crippen molar-refractivity contribution < 1.29 is 13.9 Å². The molecular weight excluding hydrogens is 233 g/mol. The van der Waals surface area contributed by atoms with Gasteiger partial charge in [0.25, 0.3) is 0 Å². The zero-order valence-corrected chi connectivity index (χ0v) is 11.5. The van der Waals surface area contributed by atoms with Crippen LogP contribution in [0.15, 0.2) is 18.2 Å². The predicted octanol–water partition coefficient (Wildman–Crippen LogP) is 3.04. The smallest absolute Gasteiger partial charge is 0.126 e. The van der Waals surface area contributed by atoms with Crippen LogP contribution in [0.3, 0.4) is 0 Å². The van der Waals surface area contributed by atoms with Crippen LogP contribution in [0.2, 0.25) is 0 Å². The summed E-state index contributed by atoms with van der Waals surface area (Å²) in [5, 5.41) is 0. The summed E-state index contributed by atoms with van der Waals surface area (Å²) in [6.07, 6.45) is 0.721. The molecule has 0 saturated carbocycles. The lowest BCUT2D eigenvalue weighted by atomic mass is 10.1. The summed E-state index contributed by atoms with van der Waals surface area (Å²) in [6, 6.07) is 4.25. The Morgan fingerprint density at radius 3 is 2.61 bits per heavy atom. The van der Waals surface area contributed by atoms with Gasteiger partial charge in [0.05, 0.1) is 12.2 Å². The van der Waals surface area contributed by atoms with E-state index in [1.807, 2.05) is 20.8 Å². The van der Waals surface area contributed by atoms with Gasteiger partial charge in [-0.15, -0.1) is 0 Å². The number of rotatable bonds is 6. The van der Waals surface area contributed by atoms with E-state index in [-0.39, 0.29) is 17.5 Å². The van der Waals surface area contributed by atoms with Crippen molar-refractivity contribution in [2.45, 2.75) is 38.8 Å². The van der Waals surface area contributed by atoms with Gasteiger partial charge in [-0.2, -0.15) is 0 Å². The molecule has 3 nitrogen and oxygen atoms in total. The van der Waals surface area contributed by atoms with E-state index in [1.54, 1.807) is 13.2 Å². The molecule has 0 aliphatic carbocycles. The van der Waals surface area contributed by atoms with Crippen molar-refractivity contribution in [2.24, 2.45) is 5.73 Å². The number of halogens is 1. The minimum atomic E-state index is -0.319. The van der Waals surface area contributed by atoms with Crippen molar-refractivity contribution in [1.82, 2.24) is 0 Å². The quantitative estimate of drug-likeness (QED) is 0.849. The van der Waals surface area contributed by atoms with Crippen molar-refractivity contribution in [3.8, 4) is 5.75 Å². The molecule has 0 saturated heterocycles. The summed E-state index contributed by atoms with van der Waals surface area (Å²) < 4.78 is 24.1. The molecule has 1 aromatic rings. The Labute approximate surface area is 108 Å². The molecule has 1 aromatic carbocycles. The van der Waals surface area contributed by atoms with Gasteiger partial charge in [-0.3, -0.25) is 0 Å². The van der Waals surface area contributed by atoms with Crippen molar-refractivity contribution in [3.63, 3.8) is 0 Å². The molecule has 0 fully saturated rings. The standard InChI is InChI=1S/C14H22FNO2/c1-10(16)12-6-5-11(15)9-13(12)18-8-7-14(2,3)17-4/h5-6,9-10H,7-8,16H2,1-4H3/t10-/m0/s1. The molecule has 0 aliphatic heterocycles. The van der Waals surface area contributed by atoms with Crippen LogP contribution in [0.5, 0.6) is 5.75 Å². The number of benzene rings is 1. The first kappa shape index (κ1) is 14.9. The Morgan fingerprint density at radius 1 is 1.39 bits per heavy atom. The molecule has 2 N–H and O–H groups in total. The van der Waals surface area contributed by atoms with Crippen molar-refractivity contribution in [1.29, 1.82) is 0 Å². The van der Waals surface area contributed by atoms with E-state index >= 15 is 0 Å². The first-order chi connectivity index (χ1) is 8.35. The molecule has 102 valence electrons. The lowest BCUT2D eigenvalue weighted by Crippen LogP contribution is -2.25. The first-order valence-electron chi connectivity index (χ1n) is 6.09. The fourth-order valence-corrected chi connectivity index (χ4v) is 1.52. The Balaban J connectivity index is 2.69. The van der Waals surface area contributed by atoms with Crippen molar-refractivity contribution >= 4 is 0 Å². The Kier molecular flexibility index (Phi) is 5.11. The molecule has 0 spiro atoms. The second-order valence-electron chi connectivity index (χ2n) is 5.03. The van der Waals surface area contributed by atoms with Crippen LogP contribution >= 0.6 is 0 Å². The van der Waals surface area contributed by atoms with Gasteiger partial charge >= 0.3 is 0 Å². The second kappa shape index (κ2) is 6.16. The van der Waals surface area contributed by atoms with Crippen LogP contribution < -0.4 is 10.5 Å².